The molecule has 0 spiro atoms. The number of anilines is 1. The summed E-state index contributed by atoms with van der Waals surface area (Å²) < 4.78 is 19.6. The molecule has 0 saturated carbocycles. The zero-order chi connectivity index (χ0) is 19.4. The Labute approximate surface area is 155 Å². The number of hydrogen-bond acceptors (Lipinski definition) is 6. The number of likely N-dealkylation sites (tertiary alicyclic amines) is 1. The van der Waals surface area contributed by atoms with Crippen LogP contribution in [0.1, 0.15) is 37.0 Å². The van der Waals surface area contributed by atoms with Crippen LogP contribution in [-0.2, 0) is 4.74 Å². The molecular weight excluding hydrogens is 355 g/mol. The van der Waals surface area contributed by atoms with Crippen molar-refractivity contribution in [1.82, 2.24) is 25.5 Å². The normalized spacial score (nSPS) is 14.9. The average molecular weight is 376 g/mol. The summed E-state index contributed by atoms with van der Waals surface area (Å²) in [5.41, 5.74) is -0.0169. The minimum Gasteiger partial charge on any atom is -0.462 e. The van der Waals surface area contributed by atoms with Crippen LogP contribution < -0.4 is 5.32 Å². The SMILES string of the molecule is CCOC(=O)c1c(F)cc(NC(=O)N2CCC(C)CC2)cc1-c1nn[nH]n1. The fourth-order valence-electron chi connectivity index (χ4n) is 2.96. The van der Waals surface area contributed by atoms with Crippen LogP contribution in [0, 0.1) is 11.7 Å². The van der Waals surface area contributed by atoms with Crippen LogP contribution in [0.15, 0.2) is 12.1 Å². The molecule has 1 aromatic heterocycles. The van der Waals surface area contributed by atoms with Crippen LogP contribution in [-0.4, -0.2) is 57.2 Å². The van der Waals surface area contributed by atoms with Gasteiger partial charge in [0.2, 0.25) is 5.82 Å². The highest BCUT2D eigenvalue weighted by atomic mass is 19.1. The van der Waals surface area contributed by atoms with E-state index in [1.165, 1.54) is 6.07 Å². The summed E-state index contributed by atoms with van der Waals surface area (Å²) in [6, 6.07) is 2.20. The molecule has 1 aromatic carbocycles. The van der Waals surface area contributed by atoms with E-state index in [2.05, 4.69) is 32.9 Å². The molecule has 9 nitrogen and oxygen atoms in total. The molecule has 1 saturated heterocycles. The Morgan fingerprint density at radius 3 is 2.74 bits per heavy atom. The van der Waals surface area contributed by atoms with Crippen LogP contribution in [0.3, 0.4) is 0 Å². The Morgan fingerprint density at radius 1 is 1.37 bits per heavy atom. The predicted octanol–water partition coefficient (Wildman–Crippen LogP) is 2.45. The first-order valence-electron chi connectivity index (χ1n) is 8.80. The zero-order valence-electron chi connectivity index (χ0n) is 15.2. The zero-order valence-corrected chi connectivity index (χ0v) is 15.2. The molecule has 0 bridgehead atoms. The van der Waals surface area contributed by atoms with Crippen molar-refractivity contribution in [2.24, 2.45) is 5.92 Å². The summed E-state index contributed by atoms with van der Waals surface area (Å²) >= 11 is 0. The summed E-state index contributed by atoms with van der Waals surface area (Å²) in [5.74, 6) is -1.06. The van der Waals surface area contributed by atoms with Gasteiger partial charge in [0.15, 0.2) is 0 Å². The van der Waals surface area contributed by atoms with Crippen LogP contribution in [0.4, 0.5) is 14.9 Å². The number of benzene rings is 1. The summed E-state index contributed by atoms with van der Waals surface area (Å²) in [5, 5.41) is 16.0. The number of halogens is 1. The molecule has 3 rings (SSSR count). The Kier molecular flexibility index (Phi) is 5.63. The second kappa shape index (κ2) is 8.11. The molecule has 27 heavy (non-hydrogen) atoms. The van der Waals surface area contributed by atoms with E-state index in [1.807, 2.05) is 0 Å². The molecule has 2 N–H and O–H groups in total. The lowest BCUT2D eigenvalue weighted by Gasteiger charge is -2.30. The maximum absolute atomic E-state index is 14.7. The number of piperidine rings is 1. The van der Waals surface area contributed by atoms with Crippen molar-refractivity contribution >= 4 is 17.7 Å². The molecule has 2 heterocycles. The highest BCUT2D eigenvalue weighted by molar-refractivity contribution is 5.99. The molecule has 0 radical (unpaired) electrons. The molecular formula is C17H21FN6O3. The van der Waals surface area contributed by atoms with E-state index in [9.17, 15) is 14.0 Å². The molecule has 2 amide bonds. The first-order chi connectivity index (χ1) is 13.0. The average Bonchev–Trinajstić information content (AvgIpc) is 3.16. The summed E-state index contributed by atoms with van der Waals surface area (Å²) in [4.78, 5) is 26.3. The highest BCUT2D eigenvalue weighted by Crippen LogP contribution is 2.28. The largest absolute Gasteiger partial charge is 0.462 e. The Bertz CT molecular complexity index is 818. The van der Waals surface area contributed by atoms with Crippen molar-refractivity contribution in [1.29, 1.82) is 0 Å². The fraction of sp³-hybridized carbons (Fsp3) is 0.471. The Hall–Kier alpha value is -3.04. The number of hydrogen-bond donors (Lipinski definition) is 2. The molecule has 1 fully saturated rings. The van der Waals surface area contributed by atoms with Gasteiger partial charge in [-0.1, -0.05) is 6.92 Å². The van der Waals surface area contributed by atoms with Crippen molar-refractivity contribution in [3.05, 3.63) is 23.5 Å². The van der Waals surface area contributed by atoms with Gasteiger partial charge in [0.25, 0.3) is 0 Å². The third-order valence-electron chi connectivity index (χ3n) is 4.48. The van der Waals surface area contributed by atoms with Crippen molar-refractivity contribution in [2.45, 2.75) is 26.7 Å². The van der Waals surface area contributed by atoms with Gasteiger partial charge in [0.05, 0.1) is 6.61 Å². The number of rotatable bonds is 4. The summed E-state index contributed by atoms with van der Waals surface area (Å²) in [6.07, 6.45) is 1.86. The standard InChI is InChI=1S/C17H21FN6O3/c1-3-27-16(25)14-12(15-20-22-23-21-15)8-11(9-13(14)18)19-17(26)24-6-4-10(2)5-7-24/h8-10H,3-7H2,1-2H3,(H,19,26)(H,20,21,22,23). The van der Waals surface area contributed by atoms with Crippen LogP contribution in [0.5, 0.6) is 0 Å². The third kappa shape index (κ3) is 4.21. The molecule has 144 valence electrons. The van der Waals surface area contributed by atoms with Gasteiger partial charge in [-0.3, -0.25) is 0 Å². The number of nitrogens with one attached hydrogen (secondary N) is 2. The van der Waals surface area contributed by atoms with Crippen LogP contribution >= 0.6 is 0 Å². The molecule has 1 aliphatic rings. The quantitative estimate of drug-likeness (QED) is 0.793. The maximum Gasteiger partial charge on any atom is 0.341 e. The van der Waals surface area contributed by atoms with Crippen molar-refractivity contribution in [2.75, 3.05) is 25.0 Å². The monoisotopic (exact) mass is 376 g/mol. The second-order valence-corrected chi connectivity index (χ2v) is 6.44. The number of esters is 1. The van der Waals surface area contributed by atoms with E-state index >= 15 is 0 Å². The molecule has 0 atom stereocenters. The van der Waals surface area contributed by atoms with Gasteiger partial charge in [-0.25, -0.2) is 14.0 Å². The first-order valence-corrected chi connectivity index (χ1v) is 8.80. The summed E-state index contributed by atoms with van der Waals surface area (Å²) in [6.45, 7) is 5.16. The molecule has 10 heteroatoms. The smallest absolute Gasteiger partial charge is 0.341 e. The van der Waals surface area contributed by atoms with Gasteiger partial charge >= 0.3 is 12.0 Å². The lowest BCUT2D eigenvalue weighted by atomic mass is 10.00. The van der Waals surface area contributed by atoms with Gasteiger partial charge in [-0.2, -0.15) is 5.21 Å². The molecule has 1 aliphatic heterocycles. The number of H-pyrrole nitrogens is 1. The van der Waals surface area contributed by atoms with Crippen LogP contribution in [0.2, 0.25) is 0 Å². The Morgan fingerprint density at radius 2 is 2.11 bits per heavy atom. The molecule has 0 unspecified atom stereocenters. The van der Waals surface area contributed by atoms with Gasteiger partial charge < -0.3 is 15.0 Å². The van der Waals surface area contributed by atoms with Gasteiger partial charge in [0.1, 0.15) is 11.4 Å². The van der Waals surface area contributed by atoms with Crippen molar-refractivity contribution in [3.63, 3.8) is 0 Å². The number of aromatic nitrogens is 4. The van der Waals surface area contributed by atoms with E-state index in [0.717, 1.165) is 18.9 Å². The number of ether oxygens (including phenoxy) is 1. The van der Waals surface area contributed by atoms with E-state index in [4.69, 9.17) is 4.74 Å². The van der Waals surface area contributed by atoms with Gasteiger partial charge in [-0.15, -0.1) is 10.2 Å². The number of carbonyl (C=O) groups excluding carboxylic acids is 2. The number of urea groups is 1. The number of aromatic amines is 1. The first kappa shape index (κ1) is 18.7. The third-order valence-corrected chi connectivity index (χ3v) is 4.48. The second-order valence-electron chi connectivity index (χ2n) is 6.44. The topological polar surface area (TPSA) is 113 Å². The van der Waals surface area contributed by atoms with E-state index in [0.29, 0.717) is 19.0 Å². The van der Waals surface area contributed by atoms with Gasteiger partial charge in [0, 0.05) is 24.3 Å². The summed E-state index contributed by atoms with van der Waals surface area (Å²) in [7, 11) is 0. The van der Waals surface area contributed by atoms with Crippen LogP contribution in [0.25, 0.3) is 11.4 Å². The predicted molar refractivity (Wildman–Crippen MR) is 94.5 cm³/mol. The minimum atomic E-state index is -0.835. The Balaban J connectivity index is 1.88. The molecule has 2 aromatic rings. The highest BCUT2D eigenvalue weighted by Gasteiger charge is 2.25. The fourth-order valence-corrected chi connectivity index (χ4v) is 2.96. The number of amides is 2. The number of carbonyl (C=O) groups is 2. The lowest BCUT2D eigenvalue weighted by molar-refractivity contribution is 0.0522. The van der Waals surface area contributed by atoms with E-state index in [-0.39, 0.29) is 35.3 Å². The van der Waals surface area contributed by atoms with Crippen molar-refractivity contribution in [3.8, 4) is 11.4 Å². The van der Waals surface area contributed by atoms with E-state index < -0.39 is 11.8 Å². The minimum absolute atomic E-state index is 0.0276. The maximum atomic E-state index is 14.7. The number of nitrogens with zero attached hydrogens (tertiary/aromatic N) is 4. The lowest BCUT2D eigenvalue weighted by Crippen LogP contribution is -2.40. The van der Waals surface area contributed by atoms with Gasteiger partial charge in [-0.05, 0) is 43.0 Å². The molecule has 0 aliphatic carbocycles. The van der Waals surface area contributed by atoms with Crippen molar-refractivity contribution < 1.29 is 18.7 Å². The van der Waals surface area contributed by atoms with E-state index in [1.54, 1.807) is 11.8 Å². The number of tetrazole rings is 1.